The third-order valence-electron chi connectivity index (χ3n) is 3.35. The van der Waals surface area contributed by atoms with Gasteiger partial charge in [-0.25, -0.2) is 0 Å². The van der Waals surface area contributed by atoms with Crippen LogP contribution in [-0.2, 0) is 14.4 Å². The zero-order valence-electron chi connectivity index (χ0n) is 15.4. The Hall–Kier alpha value is -2.41. The molecule has 7 nitrogen and oxygen atoms in total. The second-order valence-electron chi connectivity index (χ2n) is 6.96. The highest BCUT2D eigenvalue weighted by molar-refractivity contribution is 5.88. The molecule has 0 radical (unpaired) electrons. The van der Waals surface area contributed by atoms with Crippen molar-refractivity contribution in [1.82, 2.24) is 21.3 Å². The number of hydrogen-bond donors (Lipinski definition) is 4. The van der Waals surface area contributed by atoms with Crippen LogP contribution < -0.4 is 21.3 Å². The minimum absolute atomic E-state index is 0.0431. The van der Waals surface area contributed by atoms with E-state index in [-0.39, 0.29) is 42.8 Å². The third kappa shape index (κ3) is 10.1. The average molecular weight is 350 g/mol. The van der Waals surface area contributed by atoms with Gasteiger partial charge in [0.25, 0.3) is 0 Å². The second-order valence-corrected chi connectivity index (χ2v) is 6.96. The number of rotatable bonds is 11. The van der Waals surface area contributed by atoms with E-state index in [9.17, 15) is 14.4 Å². The first-order chi connectivity index (χ1) is 11.6. The van der Waals surface area contributed by atoms with E-state index in [1.807, 2.05) is 0 Å². The Morgan fingerprint density at radius 1 is 0.720 bits per heavy atom. The first kappa shape index (κ1) is 22.6. The van der Waals surface area contributed by atoms with E-state index in [1.165, 1.54) is 18.2 Å². The van der Waals surface area contributed by atoms with Crippen molar-refractivity contribution in [2.24, 2.45) is 5.41 Å². The minimum atomic E-state index is -0.788. The molecule has 0 aromatic rings. The zero-order valence-corrected chi connectivity index (χ0v) is 15.4. The molecule has 0 saturated carbocycles. The number of hydrogen-bond acceptors (Lipinski definition) is 4. The molecule has 4 N–H and O–H groups in total. The summed E-state index contributed by atoms with van der Waals surface area (Å²) < 4.78 is 0. The van der Waals surface area contributed by atoms with Crippen LogP contribution in [0.4, 0.5) is 0 Å². The van der Waals surface area contributed by atoms with Gasteiger partial charge in [0.05, 0.1) is 5.54 Å². The van der Waals surface area contributed by atoms with Gasteiger partial charge in [0.15, 0.2) is 0 Å². The molecule has 0 aliphatic heterocycles. The Balaban J connectivity index is 5.37. The fourth-order valence-corrected chi connectivity index (χ4v) is 1.81. The van der Waals surface area contributed by atoms with Gasteiger partial charge < -0.3 is 21.3 Å². The van der Waals surface area contributed by atoms with Crippen molar-refractivity contribution in [2.75, 3.05) is 26.2 Å². The summed E-state index contributed by atoms with van der Waals surface area (Å²) in [5, 5.41) is 11.5. The van der Waals surface area contributed by atoms with Crippen LogP contribution >= 0.6 is 0 Å². The molecule has 0 heterocycles. The maximum absolute atomic E-state index is 11.6. The fourth-order valence-electron chi connectivity index (χ4n) is 1.81. The molecule has 0 aromatic heterocycles. The van der Waals surface area contributed by atoms with Gasteiger partial charge in [0.1, 0.15) is 0 Å². The molecule has 7 heteroatoms. The van der Waals surface area contributed by atoms with Crippen LogP contribution in [-0.4, -0.2) is 49.4 Å². The van der Waals surface area contributed by atoms with Gasteiger partial charge >= 0.3 is 0 Å². The van der Waals surface area contributed by atoms with Crippen molar-refractivity contribution < 1.29 is 14.4 Å². The van der Waals surface area contributed by atoms with Crippen molar-refractivity contribution in [1.29, 1.82) is 0 Å². The third-order valence-corrected chi connectivity index (χ3v) is 3.35. The summed E-state index contributed by atoms with van der Waals surface area (Å²) >= 11 is 0. The first-order valence-corrected chi connectivity index (χ1v) is 8.03. The maximum Gasteiger partial charge on any atom is 0.243 e. The van der Waals surface area contributed by atoms with Gasteiger partial charge in [0.2, 0.25) is 17.7 Å². The van der Waals surface area contributed by atoms with Crippen LogP contribution in [0.5, 0.6) is 0 Å². The Bertz CT molecular complexity index is 461. The van der Waals surface area contributed by atoms with Crippen LogP contribution in [0.15, 0.2) is 38.0 Å². The summed E-state index contributed by atoms with van der Waals surface area (Å²) in [6.07, 6.45) is 3.50. The lowest BCUT2D eigenvalue weighted by molar-refractivity contribution is -0.116. The van der Waals surface area contributed by atoms with Crippen LogP contribution in [0.25, 0.3) is 0 Å². The van der Waals surface area contributed by atoms with E-state index in [0.717, 1.165) is 0 Å². The highest BCUT2D eigenvalue weighted by Crippen LogP contribution is 2.13. The van der Waals surface area contributed by atoms with Crippen molar-refractivity contribution in [3.63, 3.8) is 0 Å². The van der Waals surface area contributed by atoms with Crippen LogP contribution in [0.3, 0.4) is 0 Å². The highest BCUT2D eigenvalue weighted by Gasteiger charge is 2.32. The minimum Gasteiger partial charge on any atom is -0.351 e. The van der Waals surface area contributed by atoms with E-state index in [4.69, 9.17) is 0 Å². The zero-order chi connectivity index (χ0) is 19.5. The Morgan fingerprint density at radius 3 is 1.28 bits per heavy atom. The topological polar surface area (TPSA) is 99.3 Å². The SMILES string of the molecule is C=CC(=O)NCC(CNC(=O)C=C)(CNC(=O)C=C)NCC(C)(C)C. The van der Waals surface area contributed by atoms with Gasteiger partial charge in [-0.3, -0.25) is 14.4 Å². The molecule has 3 amide bonds. The quantitative estimate of drug-likeness (QED) is 0.402. The summed E-state index contributed by atoms with van der Waals surface area (Å²) in [4.78, 5) is 34.8. The molecule has 25 heavy (non-hydrogen) atoms. The summed E-state index contributed by atoms with van der Waals surface area (Å²) in [5.74, 6) is -1.02. The van der Waals surface area contributed by atoms with Gasteiger partial charge in [-0.2, -0.15) is 0 Å². The largest absolute Gasteiger partial charge is 0.351 e. The summed E-state index contributed by atoms with van der Waals surface area (Å²) in [5.41, 5.74) is -0.831. The summed E-state index contributed by atoms with van der Waals surface area (Å²) in [6, 6.07) is 0. The van der Waals surface area contributed by atoms with Crippen molar-refractivity contribution >= 4 is 17.7 Å². The Labute approximate surface area is 150 Å². The fraction of sp³-hybridized carbons (Fsp3) is 0.500. The predicted molar refractivity (Wildman–Crippen MR) is 99.8 cm³/mol. The Morgan fingerprint density at radius 2 is 1.04 bits per heavy atom. The lowest BCUT2D eigenvalue weighted by atomic mass is 9.92. The van der Waals surface area contributed by atoms with Gasteiger partial charge in [-0.1, -0.05) is 40.5 Å². The number of carbonyl (C=O) groups is 3. The van der Waals surface area contributed by atoms with Crippen molar-refractivity contribution in [3.8, 4) is 0 Å². The van der Waals surface area contributed by atoms with Gasteiger partial charge in [-0.15, -0.1) is 0 Å². The van der Waals surface area contributed by atoms with E-state index in [0.29, 0.717) is 6.54 Å². The summed E-state index contributed by atoms with van der Waals surface area (Å²) in [7, 11) is 0. The molecule has 0 unspecified atom stereocenters. The van der Waals surface area contributed by atoms with E-state index >= 15 is 0 Å². The standard InChI is InChI=1S/C18H30N4O3/c1-7-14(23)19-11-18(12-20-15(24)8-2,13-21-16(25)9-3)22-10-17(4,5)6/h7-9,22H,1-3,10-13H2,4-6H3,(H,19,23)(H,20,24)(H,21,25). The molecule has 0 aromatic carbocycles. The molecule has 0 aliphatic carbocycles. The van der Waals surface area contributed by atoms with Crippen LogP contribution in [0, 0.1) is 5.41 Å². The predicted octanol–water partition coefficient (Wildman–Crippen LogP) is 0.268. The van der Waals surface area contributed by atoms with E-state index < -0.39 is 5.54 Å². The summed E-state index contributed by atoms with van der Waals surface area (Å²) in [6.45, 7) is 17.6. The second kappa shape index (κ2) is 10.5. The van der Waals surface area contributed by atoms with Gasteiger partial charge in [-0.05, 0) is 23.6 Å². The smallest absolute Gasteiger partial charge is 0.243 e. The van der Waals surface area contributed by atoms with E-state index in [1.54, 1.807) is 0 Å². The lowest BCUT2D eigenvalue weighted by Crippen LogP contribution is -2.65. The Kier molecular flexibility index (Phi) is 9.45. The highest BCUT2D eigenvalue weighted by atomic mass is 16.2. The van der Waals surface area contributed by atoms with E-state index in [2.05, 4.69) is 61.8 Å². The molecule has 0 saturated heterocycles. The molecule has 0 atom stereocenters. The first-order valence-electron chi connectivity index (χ1n) is 8.03. The van der Waals surface area contributed by atoms with Crippen molar-refractivity contribution in [3.05, 3.63) is 38.0 Å². The van der Waals surface area contributed by atoms with Crippen molar-refractivity contribution in [2.45, 2.75) is 26.3 Å². The molecular weight excluding hydrogens is 320 g/mol. The lowest BCUT2D eigenvalue weighted by Gasteiger charge is -2.37. The number of nitrogens with one attached hydrogen (secondary N) is 4. The number of amides is 3. The molecule has 0 aliphatic rings. The maximum atomic E-state index is 11.6. The average Bonchev–Trinajstić information content (AvgIpc) is 2.58. The molecule has 0 rings (SSSR count). The number of carbonyl (C=O) groups excluding carboxylic acids is 3. The monoisotopic (exact) mass is 350 g/mol. The normalized spacial score (nSPS) is 11.2. The van der Waals surface area contributed by atoms with Crippen LogP contribution in [0.2, 0.25) is 0 Å². The molecular formula is C18H30N4O3. The molecule has 140 valence electrons. The van der Waals surface area contributed by atoms with Gasteiger partial charge in [0, 0.05) is 26.2 Å². The van der Waals surface area contributed by atoms with Crippen LogP contribution in [0.1, 0.15) is 20.8 Å². The molecule has 0 fully saturated rings. The molecule has 0 spiro atoms. The molecule has 0 bridgehead atoms.